The summed E-state index contributed by atoms with van der Waals surface area (Å²) in [5.41, 5.74) is 0. The summed E-state index contributed by atoms with van der Waals surface area (Å²) in [7, 11) is 11.3. The molecule has 0 aromatic carbocycles. The van der Waals surface area contributed by atoms with E-state index in [1.165, 1.54) is 0 Å². The van der Waals surface area contributed by atoms with Gasteiger partial charge in [0.15, 0.2) is 0 Å². The van der Waals surface area contributed by atoms with Crippen molar-refractivity contribution in [1.29, 1.82) is 0 Å². The van der Waals surface area contributed by atoms with E-state index in [1.54, 1.807) is 0 Å². The van der Waals surface area contributed by atoms with Crippen molar-refractivity contribution < 1.29 is 0 Å². The van der Waals surface area contributed by atoms with E-state index in [0.717, 1.165) is 6.39 Å². The van der Waals surface area contributed by atoms with Crippen LogP contribution in [-0.4, -0.2) is 70.3 Å². The molecular weight excluding hydrogens is 140 g/mol. The summed E-state index contributed by atoms with van der Waals surface area (Å²) in [5.74, 6) is 0. The first-order valence-corrected chi connectivity index (χ1v) is 4.93. The van der Waals surface area contributed by atoms with Crippen LogP contribution in [0.4, 0.5) is 0 Å². The van der Waals surface area contributed by atoms with Gasteiger partial charge in [-0.25, -0.2) is 0 Å². The van der Waals surface area contributed by atoms with Gasteiger partial charge in [0.05, 0.1) is 0 Å². The van der Waals surface area contributed by atoms with E-state index in [2.05, 4.69) is 38.7 Å². The SMILES string of the molecule is BB(B)B(B)B(B=S)B(B)B. The number of rotatable bonds is 4. The van der Waals surface area contributed by atoms with Crippen molar-refractivity contribution in [3.05, 3.63) is 0 Å². The Morgan fingerprint density at radius 1 is 0.909 bits per heavy atom. The molecule has 0 nitrogen and oxygen atoms in total. The second-order valence-electron chi connectivity index (χ2n) is 4.06. The van der Waals surface area contributed by atoms with Crippen LogP contribution in [0.5, 0.6) is 0 Å². The molecule has 0 atom stereocenters. The zero-order valence-corrected chi connectivity index (χ0v) is 9.11. The molecule has 0 rings (SSSR count). The molecule has 0 aliphatic heterocycles. The fourth-order valence-electron chi connectivity index (χ4n) is 1.33. The quantitative estimate of drug-likeness (QED) is 0.360. The number of hydrogen-bond acceptors (Lipinski definition) is 1. The molecular formula is H10B10S. The molecule has 0 aromatic heterocycles. The molecule has 0 bridgehead atoms. The average Bonchev–Trinajstić information content (AvgIpc) is 1.88. The van der Waals surface area contributed by atoms with Crippen molar-refractivity contribution in [2.24, 2.45) is 0 Å². The Hall–Kier alpha value is 0.869. The van der Waals surface area contributed by atoms with Crippen molar-refractivity contribution >= 4 is 82.3 Å². The molecule has 11 heavy (non-hydrogen) atoms. The van der Waals surface area contributed by atoms with Gasteiger partial charge in [-0.3, -0.25) is 0 Å². The molecule has 0 saturated carbocycles. The molecule has 0 aromatic rings. The van der Waals surface area contributed by atoms with Crippen molar-refractivity contribution in [3.8, 4) is 0 Å². The third kappa shape index (κ3) is 3.87. The van der Waals surface area contributed by atoms with E-state index in [0.29, 0.717) is 19.2 Å². The molecule has 0 spiro atoms. The molecule has 0 radical (unpaired) electrons. The van der Waals surface area contributed by atoms with Crippen LogP contribution in [0.1, 0.15) is 0 Å². The zero-order chi connectivity index (χ0) is 9.02. The Kier molecular flexibility index (Phi) is 5.94. The Bertz CT molecular complexity index is 116. The van der Waals surface area contributed by atoms with Gasteiger partial charge in [0.25, 0.3) is 0 Å². The van der Waals surface area contributed by atoms with Crippen LogP contribution in [0.3, 0.4) is 0 Å². The van der Waals surface area contributed by atoms with Gasteiger partial charge < -0.3 is 0 Å². The second-order valence-corrected chi connectivity index (χ2v) is 4.33. The third-order valence-corrected chi connectivity index (χ3v) is 2.90. The number of hydrogen-bond donors (Lipinski definition) is 0. The van der Waals surface area contributed by atoms with Gasteiger partial charge in [-0.15, -0.1) is 0 Å². The van der Waals surface area contributed by atoms with Gasteiger partial charge in [0.2, 0.25) is 0 Å². The van der Waals surface area contributed by atoms with Gasteiger partial charge in [-0.1, -0.05) is 0 Å². The molecule has 0 unspecified atom stereocenters. The molecule has 11 heteroatoms. The van der Waals surface area contributed by atoms with Crippen LogP contribution in [-0.2, 0) is 0 Å². The van der Waals surface area contributed by atoms with Crippen molar-refractivity contribution in [1.82, 2.24) is 0 Å². The van der Waals surface area contributed by atoms with Crippen LogP contribution in [0, 0.1) is 0 Å². The summed E-state index contributed by atoms with van der Waals surface area (Å²) in [5, 5.41) is 0. The molecule has 0 heterocycles. The minimum atomic E-state index is 0.602. The Morgan fingerprint density at radius 2 is 1.36 bits per heavy atom. The molecule has 46 valence electrons. The summed E-state index contributed by atoms with van der Waals surface area (Å²) in [6.45, 7) is 0. The fraction of sp³-hybridized carbons (Fsp3) is 0. The molecule has 0 fully saturated rings. The topological polar surface area (TPSA) is 0 Å². The van der Waals surface area contributed by atoms with Gasteiger partial charge in [0, 0.05) is 0 Å². The monoisotopic (exact) mass is 152 g/mol. The summed E-state index contributed by atoms with van der Waals surface area (Å²) in [6, 6.07) is 1.94. The Balaban J connectivity index is 4.13. The Morgan fingerprint density at radius 3 is 1.45 bits per heavy atom. The summed E-state index contributed by atoms with van der Waals surface area (Å²) in [6.07, 6.45) is 2.74. The molecule has 0 aliphatic carbocycles. The van der Waals surface area contributed by atoms with Crippen LogP contribution >= 0.6 is 12.1 Å². The van der Waals surface area contributed by atoms with Crippen molar-refractivity contribution in [2.45, 2.75) is 0 Å². The summed E-state index contributed by atoms with van der Waals surface area (Å²) in [4.78, 5) is 0. The van der Waals surface area contributed by atoms with E-state index >= 15 is 0 Å². The van der Waals surface area contributed by atoms with Crippen LogP contribution in [0.2, 0.25) is 0 Å². The molecule has 0 aliphatic rings. The first-order chi connectivity index (χ1) is 5.00. The average molecular weight is 150 g/mol. The zero-order valence-electron chi connectivity index (χ0n) is 8.29. The van der Waals surface area contributed by atoms with E-state index in [9.17, 15) is 0 Å². The van der Waals surface area contributed by atoms with Crippen molar-refractivity contribution in [2.75, 3.05) is 0 Å². The van der Waals surface area contributed by atoms with Gasteiger partial charge in [-0.2, -0.15) is 0 Å². The maximum atomic E-state index is 5.02. The normalized spacial score (nSPS) is 8.00. The molecule has 0 N–H and O–H groups in total. The van der Waals surface area contributed by atoms with E-state index < -0.39 is 0 Å². The molecule has 0 amide bonds. The summed E-state index contributed by atoms with van der Waals surface area (Å²) < 4.78 is 0. The van der Waals surface area contributed by atoms with Crippen LogP contribution < -0.4 is 0 Å². The minimum absolute atomic E-state index is 0.602. The first kappa shape index (κ1) is 11.9. The molecule has 0 saturated heterocycles. The third-order valence-electron chi connectivity index (χ3n) is 2.59. The first-order valence-electron chi connectivity index (χ1n) is 4.46. The Labute approximate surface area is 82.5 Å². The maximum absolute atomic E-state index is 5.02. The van der Waals surface area contributed by atoms with Crippen LogP contribution in [0.15, 0.2) is 0 Å². The second kappa shape index (κ2) is 5.50. The standard InChI is InChI=1S/B10H10S/c1-7(2)9(5)10(6-11)8(3)4/h1-5H2. The van der Waals surface area contributed by atoms with Crippen molar-refractivity contribution in [3.63, 3.8) is 0 Å². The van der Waals surface area contributed by atoms with Gasteiger partial charge in [0.1, 0.15) is 0 Å². The fourth-order valence-corrected chi connectivity index (χ4v) is 1.89. The van der Waals surface area contributed by atoms with Crippen LogP contribution in [0.25, 0.3) is 0 Å². The van der Waals surface area contributed by atoms with Gasteiger partial charge in [-0.05, 0) is 0 Å². The predicted octanol–water partition coefficient (Wildman–Crippen LogP) is -5.84. The van der Waals surface area contributed by atoms with E-state index in [4.69, 9.17) is 12.1 Å². The predicted molar refractivity (Wildman–Crippen MR) is 79.1 cm³/mol. The van der Waals surface area contributed by atoms with E-state index in [1.807, 2.05) is 6.05 Å². The summed E-state index contributed by atoms with van der Waals surface area (Å²) >= 11 is 5.02. The van der Waals surface area contributed by atoms with E-state index in [-0.39, 0.29) is 0 Å². The van der Waals surface area contributed by atoms with Gasteiger partial charge >= 0.3 is 82.3 Å².